The minimum absolute atomic E-state index is 0.146. The molecule has 1 saturated heterocycles. The minimum Gasteiger partial charge on any atom is -0.389 e. The first-order chi connectivity index (χ1) is 12.0. The summed E-state index contributed by atoms with van der Waals surface area (Å²) in [4.78, 5) is 13.1. The molecule has 1 aliphatic heterocycles. The minimum atomic E-state index is -0.865. The van der Waals surface area contributed by atoms with Gasteiger partial charge in [-0.3, -0.25) is 4.57 Å². The van der Waals surface area contributed by atoms with Crippen LogP contribution in [0.4, 0.5) is 0 Å². The van der Waals surface area contributed by atoms with Gasteiger partial charge < -0.3 is 10.2 Å². The van der Waals surface area contributed by atoms with Crippen LogP contribution in [0, 0.1) is 3.57 Å². The Balaban J connectivity index is 1.76. The van der Waals surface area contributed by atoms with Crippen LogP contribution >= 0.6 is 46.0 Å². The summed E-state index contributed by atoms with van der Waals surface area (Å²) in [5, 5.41) is 19.8. The number of aliphatic hydroxyl groups excluding tert-OH is 2. The van der Waals surface area contributed by atoms with Gasteiger partial charge in [0.2, 0.25) is 5.28 Å². The standard InChI is InChI=1S/C16H14ClIN4O2S/c17-16-20-10(5-8-2-1-3-9(18)4-8)12-14(21-16)22(7-19-12)15-13(24)11(23)6-25-15/h1-4,7,11,13,15,23-24H,5-6H2. The number of nitrogens with zero attached hydrogens (tertiary/aromatic N) is 4. The maximum atomic E-state index is 10.2. The highest BCUT2D eigenvalue weighted by Crippen LogP contribution is 2.38. The lowest BCUT2D eigenvalue weighted by Crippen LogP contribution is -2.27. The van der Waals surface area contributed by atoms with Gasteiger partial charge in [0.15, 0.2) is 5.65 Å². The van der Waals surface area contributed by atoms with E-state index in [0.29, 0.717) is 23.3 Å². The number of hydrogen-bond acceptors (Lipinski definition) is 6. The van der Waals surface area contributed by atoms with Gasteiger partial charge in [-0.2, -0.15) is 4.98 Å². The topological polar surface area (TPSA) is 84.1 Å². The van der Waals surface area contributed by atoms with E-state index in [0.717, 1.165) is 14.8 Å². The molecule has 130 valence electrons. The van der Waals surface area contributed by atoms with E-state index in [2.05, 4.69) is 43.6 Å². The number of hydrogen-bond donors (Lipinski definition) is 2. The van der Waals surface area contributed by atoms with Crippen LogP contribution in [0.3, 0.4) is 0 Å². The SMILES string of the molecule is OC1CSC(n2cnc3c(Cc4cccc(I)c4)nc(Cl)nc32)C1O. The fraction of sp³-hybridized carbons (Fsp3) is 0.312. The largest absolute Gasteiger partial charge is 0.389 e. The molecule has 2 N–H and O–H groups in total. The van der Waals surface area contributed by atoms with Crippen LogP contribution in [0.1, 0.15) is 16.6 Å². The number of imidazole rings is 1. The van der Waals surface area contributed by atoms with Crippen molar-refractivity contribution in [1.29, 1.82) is 0 Å². The van der Waals surface area contributed by atoms with E-state index in [1.54, 1.807) is 10.9 Å². The van der Waals surface area contributed by atoms with Crippen molar-refractivity contribution < 1.29 is 10.2 Å². The van der Waals surface area contributed by atoms with Gasteiger partial charge in [-0.15, -0.1) is 11.8 Å². The van der Waals surface area contributed by atoms with Crippen molar-refractivity contribution in [2.75, 3.05) is 5.75 Å². The van der Waals surface area contributed by atoms with Gasteiger partial charge in [0.1, 0.15) is 17.0 Å². The molecular weight excluding hydrogens is 475 g/mol. The van der Waals surface area contributed by atoms with Crippen LogP contribution in [-0.2, 0) is 6.42 Å². The van der Waals surface area contributed by atoms with Crippen LogP contribution in [0.2, 0.25) is 5.28 Å². The number of fused-ring (bicyclic) bond motifs is 1. The number of aliphatic hydroxyl groups is 2. The maximum Gasteiger partial charge on any atom is 0.224 e. The normalized spacial score (nSPS) is 23.4. The molecule has 0 spiro atoms. The van der Waals surface area contributed by atoms with Crippen LogP contribution in [0.5, 0.6) is 0 Å². The molecule has 3 atom stereocenters. The molecular formula is C16H14ClIN4O2S. The Kier molecular flexibility index (Phi) is 4.89. The third-order valence-electron chi connectivity index (χ3n) is 4.13. The lowest BCUT2D eigenvalue weighted by Gasteiger charge is -2.17. The summed E-state index contributed by atoms with van der Waals surface area (Å²) in [7, 11) is 0. The fourth-order valence-corrected chi connectivity index (χ4v) is 5.00. The molecule has 4 rings (SSSR count). The average Bonchev–Trinajstić information content (AvgIpc) is 3.12. The quantitative estimate of drug-likeness (QED) is 0.436. The average molecular weight is 489 g/mol. The molecule has 25 heavy (non-hydrogen) atoms. The molecule has 3 unspecified atom stereocenters. The van der Waals surface area contributed by atoms with Crippen molar-refractivity contribution in [2.45, 2.75) is 24.0 Å². The van der Waals surface area contributed by atoms with Gasteiger partial charge in [-0.05, 0) is 51.9 Å². The van der Waals surface area contributed by atoms with Crippen molar-refractivity contribution in [3.8, 4) is 0 Å². The summed E-state index contributed by atoms with van der Waals surface area (Å²) < 4.78 is 2.92. The summed E-state index contributed by atoms with van der Waals surface area (Å²) in [5.41, 5.74) is 3.10. The van der Waals surface area contributed by atoms with Crippen molar-refractivity contribution in [1.82, 2.24) is 19.5 Å². The van der Waals surface area contributed by atoms with E-state index < -0.39 is 12.2 Å². The monoisotopic (exact) mass is 488 g/mol. The Hall–Kier alpha value is -0.940. The van der Waals surface area contributed by atoms with Gasteiger partial charge in [0.25, 0.3) is 0 Å². The molecule has 0 bridgehead atoms. The molecule has 2 aromatic heterocycles. The predicted molar refractivity (Wildman–Crippen MR) is 106 cm³/mol. The van der Waals surface area contributed by atoms with Gasteiger partial charge in [-0.25, -0.2) is 9.97 Å². The Labute approximate surface area is 166 Å². The Morgan fingerprint density at radius 1 is 1.32 bits per heavy atom. The highest BCUT2D eigenvalue weighted by atomic mass is 127. The Bertz CT molecular complexity index is 938. The number of thioether (sulfide) groups is 1. The van der Waals surface area contributed by atoms with E-state index in [1.807, 2.05) is 18.2 Å². The predicted octanol–water partition coefficient (Wildman–Crippen LogP) is 2.64. The number of rotatable bonds is 3. The fourth-order valence-electron chi connectivity index (χ4n) is 2.92. The highest BCUT2D eigenvalue weighted by Gasteiger charge is 2.36. The Morgan fingerprint density at radius 3 is 2.88 bits per heavy atom. The lowest BCUT2D eigenvalue weighted by molar-refractivity contribution is 0.0313. The van der Waals surface area contributed by atoms with Crippen LogP contribution in [0.25, 0.3) is 11.2 Å². The third-order valence-corrected chi connectivity index (χ3v) is 6.35. The van der Waals surface area contributed by atoms with Crippen LogP contribution in [0.15, 0.2) is 30.6 Å². The molecule has 0 aliphatic carbocycles. The first-order valence-corrected chi connectivity index (χ1v) is 10.1. The second kappa shape index (κ2) is 6.99. The summed E-state index contributed by atoms with van der Waals surface area (Å²) in [6, 6.07) is 8.16. The maximum absolute atomic E-state index is 10.2. The van der Waals surface area contributed by atoms with Crippen molar-refractivity contribution in [3.05, 3.63) is 50.7 Å². The summed E-state index contributed by atoms with van der Waals surface area (Å²) in [6.45, 7) is 0. The molecule has 0 amide bonds. The molecule has 1 aromatic carbocycles. The smallest absolute Gasteiger partial charge is 0.224 e. The zero-order valence-electron chi connectivity index (χ0n) is 12.9. The number of aromatic nitrogens is 4. The molecule has 3 heterocycles. The van der Waals surface area contributed by atoms with Gasteiger partial charge in [0, 0.05) is 15.7 Å². The van der Waals surface area contributed by atoms with E-state index in [4.69, 9.17) is 11.6 Å². The number of halogens is 2. The lowest BCUT2D eigenvalue weighted by atomic mass is 10.1. The van der Waals surface area contributed by atoms with Crippen LogP contribution < -0.4 is 0 Å². The molecule has 6 nitrogen and oxygen atoms in total. The summed E-state index contributed by atoms with van der Waals surface area (Å²) in [5.74, 6) is 0.472. The van der Waals surface area contributed by atoms with E-state index in [-0.39, 0.29) is 10.7 Å². The van der Waals surface area contributed by atoms with Crippen molar-refractivity contribution >= 4 is 57.1 Å². The Morgan fingerprint density at radius 2 is 2.16 bits per heavy atom. The van der Waals surface area contributed by atoms with Crippen molar-refractivity contribution in [2.24, 2.45) is 0 Å². The van der Waals surface area contributed by atoms with E-state index in [9.17, 15) is 10.2 Å². The molecule has 0 saturated carbocycles. The third kappa shape index (κ3) is 3.37. The first kappa shape index (κ1) is 17.5. The first-order valence-electron chi connectivity index (χ1n) is 7.64. The second-order valence-electron chi connectivity index (χ2n) is 5.85. The van der Waals surface area contributed by atoms with Crippen LogP contribution in [-0.4, -0.2) is 47.7 Å². The zero-order valence-corrected chi connectivity index (χ0v) is 16.6. The zero-order chi connectivity index (χ0) is 17.6. The molecule has 1 fully saturated rings. The van der Waals surface area contributed by atoms with Crippen molar-refractivity contribution in [3.63, 3.8) is 0 Å². The van der Waals surface area contributed by atoms with E-state index in [1.165, 1.54) is 11.8 Å². The van der Waals surface area contributed by atoms with Gasteiger partial charge in [-0.1, -0.05) is 12.1 Å². The molecule has 9 heteroatoms. The summed E-state index contributed by atoms with van der Waals surface area (Å²) in [6.07, 6.45) is 0.605. The summed E-state index contributed by atoms with van der Waals surface area (Å²) >= 11 is 9.88. The van der Waals surface area contributed by atoms with E-state index >= 15 is 0 Å². The number of benzene rings is 1. The molecule has 3 aromatic rings. The van der Waals surface area contributed by atoms with Gasteiger partial charge >= 0.3 is 0 Å². The molecule has 1 aliphatic rings. The highest BCUT2D eigenvalue weighted by molar-refractivity contribution is 14.1. The molecule has 0 radical (unpaired) electrons. The second-order valence-corrected chi connectivity index (χ2v) is 8.59. The van der Waals surface area contributed by atoms with Gasteiger partial charge in [0.05, 0.1) is 18.1 Å².